The monoisotopic (exact) mass is 291 g/mol. The van der Waals surface area contributed by atoms with Gasteiger partial charge in [0.15, 0.2) is 0 Å². The number of ether oxygens (including phenoxy) is 1. The van der Waals surface area contributed by atoms with Crippen LogP contribution in [0.2, 0.25) is 0 Å². The molecule has 0 aliphatic heterocycles. The summed E-state index contributed by atoms with van der Waals surface area (Å²) in [6, 6.07) is 6.48. The summed E-state index contributed by atoms with van der Waals surface area (Å²) in [4.78, 5) is 22.8. The second kappa shape index (κ2) is 7.22. The van der Waals surface area contributed by atoms with Gasteiger partial charge >= 0.3 is 5.97 Å². The minimum atomic E-state index is -0.980. The van der Waals surface area contributed by atoms with Gasteiger partial charge in [0.05, 0.1) is 18.1 Å². The molecule has 2 atom stereocenters. The molecular weight excluding hydrogens is 270 g/mol. The highest BCUT2D eigenvalue weighted by atomic mass is 16.5. The Morgan fingerprint density at radius 2 is 2.19 bits per heavy atom. The Labute approximate surface area is 124 Å². The predicted octanol–water partition coefficient (Wildman–Crippen LogP) is 1.86. The molecule has 0 spiro atoms. The number of benzene rings is 1. The second-order valence-electron chi connectivity index (χ2n) is 5.45. The maximum Gasteiger partial charge on any atom is 0.335 e. The molecule has 1 aromatic carbocycles. The van der Waals surface area contributed by atoms with Crippen molar-refractivity contribution in [1.82, 2.24) is 5.32 Å². The molecule has 1 aliphatic carbocycles. The Balaban J connectivity index is 1.84. The fraction of sp³-hybridized carbons (Fsp3) is 0.500. The van der Waals surface area contributed by atoms with Crippen molar-refractivity contribution >= 4 is 11.9 Å². The van der Waals surface area contributed by atoms with Crippen molar-refractivity contribution in [2.24, 2.45) is 5.92 Å². The molecule has 0 aromatic heterocycles. The Kier molecular flexibility index (Phi) is 5.33. The molecule has 1 aromatic rings. The molecular formula is C16H21NO4. The van der Waals surface area contributed by atoms with E-state index in [1.807, 2.05) is 0 Å². The van der Waals surface area contributed by atoms with Gasteiger partial charge in [0.1, 0.15) is 0 Å². The van der Waals surface area contributed by atoms with E-state index in [0.29, 0.717) is 18.0 Å². The summed E-state index contributed by atoms with van der Waals surface area (Å²) in [6.45, 7) is 0.621. The average Bonchev–Trinajstić information content (AvgIpc) is 2.93. The van der Waals surface area contributed by atoms with Gasteiger partial charge in [-0.1, -0.05) is 18.6 Å². The summed E-state index contributed by atoms with van der Waals surface area (Å²) in [5.74, 6) is -0.685. The van der Waals surface area contributed by atoms with Crippen LogP contribution in [0.5, 0.6) is 0 Å². The van der Waals surface area contributed by atoms with Crippen LogP contribution < -0.4 is 5.32 Å². The van der Waals surface area contributed by atoms with Crippen LogP contribution >= 0.6 is 0 Å². The van der Waals surface area contributed by atoms with Gasteiger partial charge < -0.3 is 15.2 Å². The maximum atomic E-state index is 11.9. The van der Waals surface area contributed by atoms with Gasteiger partial charge in [-0.3, -0.25) is 4.79 Å². The highest BCUT2D eigenvalue weighted by Crippen LogP contribution is 2.27. The first-order chi connectivity index (χ1) is 10.1. The van der Waals surface area contributed by atoms with Crippen molar-refractivity contribution in [2.75, 3.05) is 13.7 Å². The molecule has 1 fully saturated rings. The molecule has 21 heavy (non-hydrogen) atoms. The van der Waals surface area contributed by atoms with E-state index in [1.165, 1.54) is 12.1 Å². The van der Waals surface area contributed by atoms with Crippen LogP contribution in [0.1, 0.15) is 35.2 Å². The van der Waals surface area contributed by atoms with E-state index in [9.17, 15) is 9.59 Å². The number of methoxy groups -OCH3 is 1. The number of carboxylic acids is 1. The summed E-state index contributed by atoms with van der Waals surface area (Å²) in [7, 11) is 1.71. The van der Waals surface area contributed by atoms with Crippen molar-refractivity contribution in [3.8, 4) is 0 Å². The number of hydrogen-bond donors (Lipinski definition) is 2. The zero-order valence-corrected chi connectivity index (χ0v) is 12.2. The topological polar surface area (TPSA) is 75.6 Å². The Bertz CT molecular complexity index is 515. The largest absolute Gasteiger partial charge is 0.478 e. The second-order valence-corrected chi connectivity index (χ2v) is 5.45. The molecule has 5 heteroatoms. The van der Waals surface area contributed by atoms with Crippen molar-refractivity contribution in [1.29, 1.82) is 0 Å². The summed E-state index contributed by atoms with van der Waals surface area (Å²) < 4.78 is 5.40. The van der Waals surface area contributed by atoms with E-state index < -0.39 is 5.97 Å². The fourth-order valence-corrected chi connectivity index (χ4v) is 2.85. The van der Waals surface area contributed by atoms with E-state index in [0.717, 1.165) is 19.3 Å². The molecule has 0 heterocycles. The summed E-state index contributed by atoms with van der Waals surface area (Å²) in [5, 5.41) is 11.9. The average molecular weight is 291 g/mol. The number of amides is 1. The molecule has 1 aliphatic rings. The van der Waals surface area contributed by atoms with Gasteiger partial charge in [0.2, 0.25) is 5.91 Å². The van der Waals surface area contributed by atoms with Crippen LogP contribution in [0.4, 0.5) is 0 Å². The minimum absolute atomic E-state index is 0.0840. The first-order valence-electron chi connectivity index (χ1n) is 7.22. The van der Waals surface area contributed by atoms with Crippen molar-refractivity contribution in [3.63, 3.8) is 0 Å². The zero-order valence-electron chi connectivity index (χ0n) is 12.2. The first kappa shape index (κ1) is 15.5. The lowest BCUT2D eigenvalue weighted by Crippen LogP contribution is -2.34. The first-order valence-corrected chi connectivity index (χ1v) is 7.22. The van der Waals surface area contributed by atoms with Crippen LogP contribution in [-0.4, -0.2) is 36.7 Å². The van der Waals surface area contributed by atoms with E-state index in [-0.39, 0.29) is 24.0 Å². The molecule has 1 amide bonds. The van der Waals surface area contributed by atoms with Gasteiger partial charge in [-0.2, -0.15) is 0 Å². The Morgan fingerprint density at radius 1 is 1.38 bits per heavy atom. The number of aromatic carboxylic acids is 1. The standard InChI is InChI=1S/C16H21NO4/c1-21-14-7-3-6-13(14)10-17-15(18)9-11-4-2-5-12(8-11)16(19)20/h2,4-5,8,13-14H,3,6-7,9-10H2,1H3,(H,17,18)(H,19,20). The van der Waals surface area contributed by atoms with E-state index in [2.05, 4.69) is 5.32 Å². The van der Waals surface area contributed by atoms with E-state index in [4.69, 9.17) is 9.84 Å². The molecule has 2 rings (SSSR count). The minimum Gasteiger partial charge on any atom is -0.478 e. The summed E-state index contributed by atoms with van der Waals surface area (Å²) >= 11 is 0. The van der Waals surface area contributed by atoms with Crippen LogP contribution in [0, 0.1) is 5.92 Å². The zero-order chi connectivity index (χ0) is 15.2. The highest BCUT2D eigenvalue weighted by molar-refractivity contribution is 5.88. The van der Waals surface area contributed by atoms with Gasteiger partial charge in [-0.05, 0) is 30.5 Å². The van der Waals surface area contributed by atoms with Crippen LogP contribution in [-0.2, 0) is 16.0 Å². The van der Waals surface area contributed by atoms with Crippen molar-refractivity contribution in [2.45, 2.75) is 31.8 Å². The fourth-order valence-electron chi connectivity index (χ4n) is 2.85. The number of carbonyl (C=O) groups excluding carboxylic acids is 1. The Morgan fingerprint density at radius 3 is 2.90 bits per heavy atom. The molecule has 5 nitrogen and oxygen atoms in total. The van der Waals surface area contributed by atoms with Gasteiger partial charge in [-0.25, -0.2) is 4.79 Å². The Hall–Kier alpha value is -1.88. The number of carbonyl (C=O) groups is 2. The molecule has 0 bridgehead atoms. The number of carboxylic acid groups (broad SMARTS) is 1. The van der Waals surface area contributed by atoms with Crippen LogP contribution in [0.25, 0.3) is 0 Å². The maximum absolute atomic E-state index is 11.9. The molecule has 0 saturated heterocycles. The number of hydrogen-bond acceptors (Lipinski definition) is 3. The van der Waals surface area contributed by atoms with Crippen LogP contribution in [0.3, 0.4) is 0 Å². The highest BCUT2D eigenvalue weighted by Gasteiger charge is 2.27. The summed E-state index contributed by atoms with van der Waals surface area (Å²) in [5.41, 5.74) is 0.914. The SMILES string of the molecule is COC1CCCC1CNC(=O)Cc1cccc(C(=O)O)c1. The normalized spacial score (nSPS) is 21.2. The lowest BCUT2D eigenvalue weighted by molar-refractivity contribution is -0.120. The van der Waals surface area contributed by atoms with Crippen molar-refractivity contribution < 1.29 is 19.4 Å². The lowest BCUT2D eigenvalue weighted by atomic mass is 10.1. The van der Waals surface area contributed by atoms with Gasteiger partial charge in [-0.15, -0.1) is 0 Å². The summed E-state index contributed by atoms with van der Waals surface area (Å²) in [6.07, 6.45) is 3.71. The third-order valence-electron chi connectivity index (χ3n) is 3.99. The van der Waals surface area contributed by atoms with Gasteiger partial charge in [0, 0.05) is 19.6 Å². The smallest absolute Gasteiger partial charge is 0.335 e. The third-order valence-corrected chi connectivity index (χ3v) is 3.99. The lowest BCUT2D eigenvalue weighted by Gasteiger charge is -2.18. The predicted molar refractivity (Wildman–Crippen MR) is 78.3 cm³/mol. The molecule has 1 saturated carbocycles. The molecule has 0 radical (unpaired) electrons. The van der Waals surface area contributed by atoms with E-state index >= 15 is 0 Å². The number of nitrogens with one attached hydrogen (secondary N) is 1. The van der Waals surface area contributed by atoms with E-state index in [1.54, 1.807) is 19.2 Å². The molecule has 114 valence electrons. The van der Waals surface area contributed by atoms with Crippen molar-refractivity contribution in [3.05, 3.63) is 35.4 Å². The van der Waals surface area contributed by atoms with Crippen LogP contribution in [0.15, 0.2) is 24.3 Å². The molecule has 2 N–H and O–H groups in total. The third kappa shape index (κ3) is 4.29. The quantitative estimate of drug-likeness (QED) is 0.839. The molecule has 2 unspecified atom stereocenters. The number of rotatable bonds is 6. The van der Waals surface area contributed by atoms with Gasteiger partial charge in [0.25, 0.3) is 0 Å².